The second-order valence-electron chi connectivity index (χ2n) is 7.76. The van der Waals surface area contributed by atoms with Gasteiger partial charge < -0.3 is 19.9 Å². The fourth-order valence-electron chi connectivity index (χ4n) is 3.67. The van der Waals surface area contributed by atoms with Crippen molar-refractivity contribution in [3.05, 3.63) is 54.6 Å². The lowest BCUT2D eigenvalue weighted by Crippen LogP contribution is -2.32. The van der Waals surface area contributed by atoms with Crippen LogP contribution < -0.4 is 19.5 Å². The molecule has 3 N–H and O–H groups in total. The van der Waals surface area contributed by atoms with Crippen molar-refractivity contribution in [2.24, 2.45) is 11.8 Å². The fourth-order valence-corrected chi connectivity index (χ4v) is 4.85. The molecule has 0 saturated heterocycles. The molecule has 2 atom stereocenters. The summed E-state index contributed by atoms with van der Waals surface area (Å²) in [6.45, 7) is 1.63. The van der Waals surface area contributed by atoms with Crippen molar-refractivity contribution in [3.63, 3.8) is 0 Å². The van der Waals surface area contributed by atoms with Gasteiger partial charge in [-0.25, -0.2) is 8.42 Å². The molecule has 2 aromatic rings. The minimum atomic E-state index is -4.93. The molecule has 35 heavy (non-hydrogen) atoms. The van der Waals surface area contributed by atoms with Gasteiger partial charge in [-0.1, -0.05) is 18.2 Å². The Morgan fingerprint density at radius 2 is 1.86 bits per heavy atom. The topological polar surface area (TPSA) is 114 Å². The highest BCUT2D eigenvalue weighted by molar-refractivity contribution is 7.92. The lowest BCUT2D eigenvalue weighted by Gasteiger charge is -2.26. The van der Waals surface area contributed by atoms with E-state index >= 15 is 0 Å². The Morgan fingerprint density at radius 3 is 2.54 bits per heavy atom. The molecule has 1 amide bonds. The number of aliphatic hydroxyl groups excluding tert-OH is 1. The molecule has 8 nitrogen and oxygen atoms in total. The predicted octanol–water partition coefficient (Wildman–Crippen LogP) is 4.30. The van der Waals surface area contributed by atoms with E-state index in [0.717, 1.165) is 12.1 Å². The number of anilines is 2. The molecule has 0 aromatic heterocycles. The number of allylic oxidation sites excluding steroid dienone is 2. The van der Waals surface area contributed by atoms with E-state index < -0.39 is 28.1 Å². The third-order valence-electron chi connectivity index (χ3n) is 5.26. The van der Waals surface area contributed by atoms with Crippen molar-refractivity contribution in [2.75, 3.05) is 23.3 Å². The first-order chi connectivity index (χ1) is 16.5. The van der Waals surface area contributed by atoms with E-state index in [0.29, 0.717) is 18.5 Å². The summed E-state index contributed by atoms with van der Waals surface area (Å²) < 4.78 is 74.9. The van der Waals surface area contributed by atoms with Crippen molar-refractivity contribution < 1.29 is 41.0 Å². The van der Waals surface area contributed by atoms with Gasteiger partial charge in [0.25, 0.3) is 10.0 Å². The van der Waals surface area contributed by atoms with Crippen LogP contribution in [0.1, 0.15) is 19.8 Å². The molecule has 12 heteroatoms. The highest BCUT2D eigenvalue weighted by atomic mass is 32.2. The Bertz CT molecular complexity index is 1180. The number of nitrogens with one attached hydrogen (secondary N) is 2. The maximum atomic E-state index is 13.0. The van der Waals surface area contributed by atoms with Crippen molar-refractivity contribution in [3.8, 4) is 11.5 Å². The minimum Gasteiger partial charge on any atom is -0.492 e. The highest BCUT2D eigenvalue weighted by Gasteiger charge is 2.31. The highest BCUT2D eigenvalue weighted by Crippen LogP contribution is 2.32. The van der Waals surface area contributed by atoms with Gasteiger partial charge >= 0.3 is 6.36 Å². The second kappa shape index (κ2) is 11.0. The molecule has 1 aliphatic rings. The number of hydrogen-bond donors (Lipinski definition) is 3. The van der Waals surface area contributed by atoms with Crippen molar-refractivity contribution in [1.29, 1.82) is 0 Å². The summed E-state index contributed by atoms with van der Waals surface area (Å²) in [5.41, 5.74) is 0.149. The number of alkyl halides is 3. The summed E-state index contributed by atoms with van der Waals surface area (Å²) in [5, 5.41) is 12.3. The first-order valence-corrected chi connectivity index (χ1v) is 12.2. The summed E-state index contributed by atoms with van der Waals surface area (Å²) in [7, 11) is -4.27. The Balaban J connectivity index is 1.82. The van der Waals surface area contributed by atoms with Gasteiger partial charge in [-0.3, -0.25) is 9.52 Å². The summed E-state index contributed by atoms with van der Waals surface area (Å²) >= 11 is 0. The maximum absolute atomic E-state index is 13.0. The van der Waals surface area contributed by atoms with Gasteiger partial charge in [0.15, 0.2) is 0 Å². The Kier molecular flexibility index (Phi) is 8.28. The largest absolute Gasteiger partial charge is 0.573 e. The number of benzene rings is 2. The maximum Gasteiger partial charge on any atom is 0.573 e. The molecular formula is C23H25F3N2O6S. The van der Waals surface area contributed by atoms with Gasteiger partial charge in [0.1, 0.15) is 16.4 Å². The number of amides is 1. The molecule has 0 aliphatic heterocycles. The van der Waals surface area contributed by atoms with Gasteiger partial charge in [-0.05, 0) is 49.9 Å². The van der Waals surface area contributed by atoms with E-state index in [2.05, 4.69) is 14.8 Å². The first-order valence-electron chi connectivity index (χ1n) is 10.7. The van der Waals surface area contributed by atoms with E-state index in [4.69, 9.17) is 4.74 Å². The van der Waals surface area contributed by atoms with Crippen LogP contribution >= 0.6 is 0 Å². The lowest BCUT2D eigenvalue weighted by atomic mass is 9.83. The number of hydrogen-bond acceptors (Lipinski definition) is 6. The molecule has 0 radical (unpaired) electrons. The second-order valence-corrected chi connectivity index (χ2v) is 9.41. The molecule has 0 spiro atoms. The molecule has 3 rings (SSSR count). The van der Waals surface area contributed by atoms with E-state index in [1.807, 2.05) is 12.2 Å². The molecule has 2 aromatic carbocycles. The zero-order chi connectivity index (χ0) is 25.6. The van der Waals surface area contributed by atoms with Crippen LogP contribution in [-0.2, 0) is 14.8 Å². The predicted molar refractivity (Wildman–Crippen MR) is 123 cm³/mol. The number of carbonyl (C=O) groups excluding carboxylic acids is 1. The molecule has 0 saturated carbocycles. The number of halogens is 3. The van der Waals surface area contributed by atoms with E-state index in [-0.39, 0.29) is 41.4 Å². The summed E-state index contributed by atoms with van der Waals surface area (Å²) in [6, 6.07) is 8.38. The number of carbonyl (C=O) groups is 1. The van der Waals surface area contributed by atoms with Crippen molar-refractivity contribution >= 4 is 27.3 Å². The molecule has 0 heterocycles. The average Bonchev–Trinajstić information content (AvgIpc) is 2.78. The van der Waals surface area contributed by atoms with Crippen LogP contribution in [0.15, 0.2) is 59.5 Å². The van der Waals surface area contributed by atoms with E-state index in [1.165, 1.54) is 30.3 Å². The normalized spacial score (nSPS) is 18.1. The fraction of sp³-hybridized carbons (Fsp3) is 0.348. The quantitative estimate of drug-likeness (QED) is 0.430. The molecule has 190 valence electrons. The molecule has 0 unspecified atom stereocenters. The monoisotopic (exact) mass is 514 g/mol. The number of sulfonamides is 1. The van der Waals surface area contributed by atoms with Crippen LogP contribution in [0.3, 0.4) is 0 Å². The third kappa shape index (κ3) is 7.12. The minimum absolute atomic E-state index is 0.0530. The number of aliphatic hydroxyl groups is 1. The zero-order valence-corrected chi connectivity index (χ0v) is 19.5. The first kappa shape index (κ1) is 26.4. The van der Waals surface area contributed by atoms with Crippen LogP contribution in [0.25, 0.3) is 0 Å². The van der Waals surface area contributed by atoms with Crippen LogP contribution in [0, 0.1) is 11.8 Å². The van der Waals surface area contributed by atoms with E-state index in [1.54, 1.807) is 6.92 Å². The third-order valence-corrected chi connectivity index (χ3v) is 6.68. The van der Waals surface area contributed by atoms with Gasteiger partial charge in [-0.15, -0.1) is 13.2 Å². The van der Waals surface area contributed by atoms with Crippen LogP contribution in [0.5, 0.6) is 11.5 Å². The molecule has 0 bridgehead atoms. The Hall–Kier alpha value is -3.25. The van der Waals surface area contributed by atoms with Crippen LogP contribution in [0.4, 0.5) is 24.5 Å². The molecule has 1 aliphatic carbocycles. The molecule has 0 fully saturated rings. The van der Waals surface area contributed by atoms with Crippen LogP contribution in [0.2, 0.25) is 0 Å². The average molecular weight is 515 g/mol. The standard InChI is InChI=1S/C23H25F3N2O6S/c1-2-33-20-13-16(27-22(30)19-9-4-3-6-15(19)14-29)10-11-21(20)35(31,32)28-17-7-5-8-18(12-17)34-23(24,25)26/h3-5,7-8,10-13,15,19,28-29H,2,6,9,14H2,1H3,(H,27,30)/t15-,19-/m0/s1. The van der Waals surface area contributed by atoms with Crippen LogP contribution in [-0.4, -0.2) is 39.0 Å². The van der Waals surface area contributed by atoms with Crippen molar-refractivity contribution in [2.45, 2.75) is 31.0 Å². The lowest BCUT2D eigenvalue weighted by molar-refractivity contribution is -0.274. The smallest absolute Gasteiger partial charge is 0.492 e. The van der Waals surface area contributed by atoms with Crippen molar-refractivity contribution in [1.82, 2.24) is 0 Å². The van der Waals surface area contributed by atoms with Gasteiger partial charge in [0.05, 0.1) is 12.3 Å². The number of ether oxygens (including phenoxy) is 2. The Morgan fingerprint density at radius 1 is 1.11 bits per heavy atom. The molecular weight excluding hydrogens is 489 g/mol. The van der Waals surface area contributed by atoms with Gasteiger partial charge in [0.2, 0.25) is 5.91 Å². The Labute approximate surface area is 200 Å². The summed E-state index contributed by atoms with van der Waals surface area (Å²) in [6.07, 6.45) is -0.0850. The van der Waals surface area contributed by atoms with E-state index in [9.17, 15) is 31.5 Å². The SMILES string of the molecule is CCOc1cc(NC(=O)[C@H]2CC=CC[C@H]2CO)ccc1S(=O)(=O)Nc1cccc(OC(F)(F)F)c1. The van der Waals surface area contributed by atoms with Gasteiger partial charge in [-0.2, -0.15) is 0 Å². The zero-order valence-electron chi connectivity index (χ0n) is 18.7. The summed E-state index contributed by atoms with van der Waals surface area (Å²) in [5.74, 6) is -1.60. The number of rotatable bonds is 9. The summed E-state index contributed by atoms with van der Waals surface area (Å²) in [4.78, 5) is 12.5. The van der Waals surface area contributed by atoms with Gasteiger partial charge in [0, 0.05) is 30.3 Å².